The lowest BCUT2D eigenvalue weighted by atomic mass is 9.92. The predicted octanol–water partition coefficient (Wildman–Crippen LogP) is 2.67. The third-order valence-electron chi connectivity index (χ3n) is 7.13. The van der Waals surface area contributed by atoms with E-state index in [2.05, 4.69) is 31.8 Å². The molecule has 2 fully saturated rings. The Morgan fingerprint density at radius 1 is 1.38 bits per heavy atom. The van der Waals surface area contributed by atoms with Crippen molar-refractivity contribution in [1.82, 2.24) is 34.5 Å². The first-order valence-corrected chi connectivity index (χ1v) is 12.1. The monoisotopic (exact) mass is 546 g/mol. The van der Waals surface area contributed by atoms with E-state index in [0.717, 1.165) is 9.20 Å². The summed E-state index contributed by atoms with van der Waals surface area (Å²) >= 11 is 0. The lowest BCUT2D eigenvalue weighted by molar-refractivity contribution is -0.121. The maximum atomic E-state index is 15.5. The number of halogens is 4. The van der Waals surface area contributed by atoms with Gasteiger partial charge in [0, 0.05) is 13.1 Å². The molecule has 11 nitrogen and oxygen atoms in total. The van der Waals surface area contributed by atoms with Crippen LogP contribution >= 0.6 is 0 Å². The molecule has 3 aromatic heterocycles. The number of likely N-dealkylation sites (tertiary alicyclic amines) is 1. The number of hydrogen-bond acceptors (Lipinski definition) is 9. The van der Waals surface area contributed by atoms with Crippen LogP contribution in [-0.4, -0.2) is 92.1 Å². The average molecular weight is 547 g/mol. The van der Waals surface area contributed by atoms with Gasteiger partial charge in [0.2, 0.25) is 11.8 Å². The van der Waals surface area contributed by atoms with E-state index in [1.807, 2.05) is 0 Å². The third kappa shape index (κ3) is 4.29. The van der Waals surface area contributed by atoms with Gasteiger partial charge in [-0.2, -0.15) is 10.2 Å². The Morgan fingerprint density at radius 2 is 2.21 bits per heavy atom. The van der Waals surface area contributed by atoms with Gasteiger partial charge in [-0.25, -0.2) is 26.8 Å². The maximum Gasteiger partial charge on any atom is 0.258 e. The van der Waals surface area contributed by atoms with Crippen LogP contribution in [0.3, 0.4) is 0 Å². The summed E-state index contributed by atoms with van der Waals surface area (Å²) in [7, 11) is 1.31. The van der Waals surface area contributed by atoms with Crippen LogP contribution in [0.15, 0.2) is 24.4 Å². The first-order chi connectivity index (χ1) is 19.2. The van der Waals surface area contributed by atoms with Gasteiger partial charge in [0.15, 0.2) is 11.4 Å². The third-order valence-corrected chi connectivity index (χ3v) is 7.13. The van der Waals surface area contributed by atoms with Crippen molar-refractivity contribution in [2.45, 2.75) is 37.1 Å². The highest BCUT2D eigenvalue weighted by Gasteiger charge is 2.48. The minimum absolute atomic E-state index is 0.0133. The van der Waals surface area contributed by atoms with Crippen molar-refractivity contribution in [3.8, 4) is 23.1 Å². The molecule has 0 bridgehead atoms. The lowest BCUT2D eigenvalue weighted by Gasteiger charge is -2.48. The second kappa shape index (κ2) is 9.62. The highest BCUT2D eigenvalue weighted by Crippen LogP contribution is 2.36. The number of methoxy groups -OCH3 is 1. The normalized spacial score (nSPS) is 21.6. The van der Waals surface area contributed by atoms with E-state index >= 15 is 8.78 Å². The number of alkyl halides is 3. The Balaban J connectivity index is 1.33. The molecule has 204 valence electrons. The Labute approximate surface area is 220 Å². The van der Waals surface area contributed by atoms with Gasteiger partial charge in [0.05, 0.1) is 51.1 Å². The first kappa shape index (κ1) is 24.0. The standard InChI is InChI=1S/C24H23F4N9O2/c1-38-22-21-20(13-2-3-17-18(6-13)36(34-32-17)9-19(27)28)15(26)8-37(21)33-23(31-22)30-16-4-5-35(7-14(16)25)24(10-29)11-39-12-24/h2-3,6,8,14,16,19H,4-5,7,9,11-12H2,1H3,(H,30,33)/t14-,16+/m1/s1/i8D. The molecule has 2 saturated heterocycles. The summed E-state index contributed by atoms with van der Waals surface area (Å²) < 4.78 is 77.7. The van der Waals surface area contributed by atoms with Gasteiger partial charge in [-0.15, -0.1) is 10.2 Å². The van der Waals surface area contributed by atoms with E-state index in [1.54, 1.807) is 4.90 Å². The Hall–Kier alpha value is -4.03. The highest BCUT2D eigenvalue weighted by molar-refractivity contribution is 5.89. The molecule has 5 heterocycles. The first-order valence-electron chi connectivity index (χ1n) is 12.6. The van der Waals surface area contributed by atoms with Gasteiger partial charge < -0.3 is 14.8 Å². The number of fused-ring (bicyclic) bond motifs is 2. The van der Waals surface area contributed by atoms with Gasteiger partial charge >= 0.3 is 0 Å². The van der Waals surface area contributed by atoms with Crippen LogP contribution in [0, 0.1) is 17.1 Å². The molecule has 0 spiro atoms. The van der Waals surface area contributed by atoms with Crippen molar-refractivity contribution in [3.63, 3.8) is 0 Å². The van der Waals surface area contributed by atoms with Crippen LogP contribution in [0.4, 0.5) is 23.5 Å². The van der Waals surface area contributed by atoms with Gasteiger partial charge in [0.1, 0.15) is 23.7 Å². The summed E-state index contributed by atoms with van der Waals surface area (Å²) in [5.74, 6) is -1.08. The zero-order valence-electron chi connectivity index (χ0n) is 21.6. The number of nitrogens with one attached hydrogen (secondary N) is 1. The molecule has 0 saturated carbocycles. The van der Waals surface area contributed by atoms with E-state index in [0.29, 0.717) is 18.5 Å². The number of piperidine rings is 1. The molecule has 39 heavy (non-hydrogen) atoms. The van der Waals surface area contributed by atoms with E-state index in [-0.39, 0.29) is 53.7 Å². The van der Waals surface area contributed by atoms with Crippen LogP contribution in [-0.2, 0) is 11.3 Å². The summed E-state index contributed by atoms with van der Waals surface area (Å²) in [6, 6.07) is 6.00. The summed E-state index contributed by atoms with van der Waals surface area (Å²) in [5, 5.41) is 24.3. The average Bonchev–Trinajstić information content (AvgIpc) is 3.42. The number of benzene rings is 1. The molecule has 15 heteroatoms. The van der Waals surface area contributed by atoms with Crippen LogP contribution in [0.25, 0.3) is 27.7 Å². The number of nitriles is 1. The van der Waals surface area contributed by atoms with Crippen LogP contribution in [0.2, 0.25) is 0 Å². The number of ether oxygens (including phenoxy) is 2. The smallest absolute Gasteiger partial charge is 0.258 e. The van der Waals surface area contributed by atoms with E-state index < -0.39 is 42.7 Å². The molecule has 2 atom stereocenters. The van der Waals surface area contributed by atoms with Crippen LogP contribution < -0.4 is 10.1 Å². The van der Waals surface area contributed by atoms with E-state index in [1.165, 1.54) is 25.3 Å². The fourth-order valence-electron chi connectivity index (χ4n) is 5.04. The van der Waals surface area contributed by atoms with Crippen molar-refractivity contribution < 1.29 is 28.4 Å². The SMILES string of the molecule is [2H]c1c(F)c(-c2ccc3nnn(CC(F)F)c3c2)c2c(OC)nc(N[C@H]3CCN(C4(C#N)COC4)C[C@H]3F)nn12. The summed E-state index contributed by atoms with van der Waals surface area (Å²) in [4.78, 5) is 6.09. The predicted molar refractivity (Wildman–Crippen MR) is 130 cm³/mol. The molecule has 6 rings (SSSR count). The Morgan fingerprint density at radius 3 is 2.87 bits per heavy atom. The zero-order valence-corrected chi connectivity index (χ0v) is 20.6. The van der Waals surface area contributed by atoms with Gasteiger partial charge in [-0.3, -0.25) is 4.90 Å². The fourth-order valence-corrected chi connectivity index (χ4v) is 5.04. The van der Waals surface area contributed by atoms with Crippen LogP contribution in [0.1, 0.15) is 7.79 Å². The molecule has 0 aliphatic carbocycles. The topological polar surface area (TPSA) is 118 Å². The van der Waals surface area contributed by atoms with Crippen LogP contribution in [0.5, 0.6) is 5.88 Å². The number of nitrogens with zero attached hydrogens (tertiary/aromatic N) is 8. The number of aromatic nitrogens is 6. The van der Waals surface area contributed by atoms with Gasteiger partial charge in [-0.1, -0.05) is 11.3 Å². The fraction of sp³-hybridized carbons (Fsp3) is 0.458. The molecular weight excluding hydrogens is 522 g/mol. The van der Waals surface area contributed by atoms with Crippen molar-refractivity contribution in [2.24, 2.45) is 0 Å². The molecule has 4 aromatic rings. The number of hydrogen-bond donors (Lipinski definition) is 1. The molecule has 0 unspecified atom stereocenters. The Bertz CT molecular complexity index is 1630. The molecule has 2 aliphatic rings. The quantitative estimate of drug-likeness (QED) is 0.349. The summed E-state index contributed by atoms with van der Waals surface area (Å²) in [5.41, 5.74) is 0.00366. The second-order valence-electron chi connectivity index (χ2n) is 9.51. The van der Waals surface area contributed by atoms with Gasteiger partial charge in [-0.05, 0) is 24.1 Å². The molecule has 0 amide bonds. The summed E-state index contributed by atoms with van der Waals surface area (Å²) in [6.45, 7) is 0.233. The van der Waals surface area contributed by atoms with Crippen molar-refractivity contribution in [3.05, 3.63) is 30.2 Å². The Kier molecular flexibility index (Phi) is 5.93. The molecule has 1 aromatic carbocycles. The van der Waals surface area contributed by atoms with Gasteiger partial charge in [0.25, 0.3) is 6.43 Å². The van der Waals surface area contributed by atoms with Crippen molar-refractivity contribution in [1.29, 1.82) is 5.26 Å². The molecule has 2 aliphatic heterocycles. The molecule has 1 N–H and O–H groups in total. The largest absolute Gasteiger partial charge is 0.479 e. The van der Waals surface area contributed by atoms with E-state index in [4.69, 9.17) is 10.8 Å². The minimum atomic E-state index is -2.67. The number of rotatable bonds is 7. The highest BCUT2D eigenvalue weighted by atomic mass is 19.3. The van der Waals surface area contributed by atoms with Crippen molar-refractivity contribution in [2.75, 3.05) is 38.7 Å². The minimum Gasteiger partial charge on any atom is -0.479 e. The molecular formula is C24H23F4N9O2. The summed E-state index contributed by atoms with van der Waals surface area (Å²) in [6.07, 6.45) is -4.29. The zero-order chi connectivity index (χ0) is 28.2. The maximum absolute atomic E-state index is 15.5. The van der Waals surface area contributed by atoms with Crippen molar-refractivity contribution >= 4 is 22.5 Å². The molecule has 0 radical (unpaired) electrons. The number of anilines is 1. The lowest BCUT2D eigenvalue weighted by Crippen LogP contribution is -2.65. The van der Waals surface area contributed by atoms with E-state index in [9.17, 15) is 14.0 Å². The second-order valence-corrected chi connectivity index (χ2v) is 9.51.